The van der Waals surface area contributed by atoms with E-state index in [1.165, 1.54) is 12.8 Å². The first-order valence-electron chi connectivity index (χ1n) is 12.0. The normalized spacial score (nSPS) is 24.6. The predicted octanol–water partition coefficient (Wildman–Crippen LogP) is 1.79. The van der Waals surface area contributed by atoms with Crippen molar-refractivity contribution in [2.24, 2.45) is 11.8 Å². The monoisotopic (exact) mass is 440 g/mol. The molecule has 2 saturated heterocycles. The Balaban J connectivity index is 1.35. The van der Waals surface area contributed by atoms with Gasteiger partial charge in [0, 0.05) is 44.7 Å². The van der Waals surface area contributed by atoms with E-state index in [-0.39, 0.29) is 23.7 Å². The van der Waals surface area contributed by atoms with Gasteiger partial charge in [-0.2, -0.15) is 0 Å². The number of likely N-dealkylation sites (tertiary alicyclic amines) is 1. The molecule has 3 aliphatic rings. The predicted molar refractivity (Wildman–Crippen MR) is 124 cm³/mol. The highest BCUT2D eigenvalue weighted by Gasteiger charge is 2.31. The second-order valence-electron chi connectivity index (χ2n) is 9.11. The number of hydrogen-bond donors (Lipinski definition) is 2. The van der Waals surface area contributed by atoms with E-state index in [2.05, 4.69) is 21.6 Å². The smallest absolute Gasteiger partial charge is 0.236 e. The Kier molecular flexibility index (Phi) is 8.18. The molecule has 32 heavy (non-hydrogen) atoms. The highest BCUT2D eigenvalue weighted by molar-refractivity contribution is 5.79. The lowest BCUT2D eigenvalue weighted by Crippen LogP contribution is -2.47. The Bertz CT molecular complexity index is 806. The van der Waals surface area contributed by atoms with Crippen LogP contribution in [0, 0.1) is 11.8 Å². The van der Waals surface area contributed by atoms with E-state index in [1.807, 2.05) is 35.2 Å². The first kappa shape index (κ1) is 22.8. The minimum absolute atomic E-state index is 0.120. The topological polar surface area (TPSA) is 73.9 Å². The second kappa shape index (κ2) is 11.5. The number of rotatable bonds is 5. The molecule has 7 nitrogen and oxygen atoms in total. The van der Waals surface area contributed by atoms with E-state index in [0.29, 0.717) is 39.2 Å². The van der Waals surface area contributed by atoms with Crippen LogP contribution < -0.4 is 15.4 Å². The minimum atomic E-state index is 0.120. The Labute approximate surface area is 191 Å². The van der Waals surface area contributed by atoms with Crippen LogP contribution in [0.15, 0.2) is 36.4 Å². The fourth-order valence-electron chi connectivity index (χ4n) is 4.97. The number of nitrogens with one attached hydrogen (secondary N) is 2. The number of fused-ring (bicyclic) bond motifs is 3. The zero-order valence-electron chi connectivity index (χ0n) is 18.9. The van der Waals surface area contributed by atoms with Crippen molar-refractivity contribution in [3.8, 4) is 5.75 Å². The molecule has 2 bridgehead atoms. The average Bonchev–Trinajstić information content (AvgIpc) is 3.31. The number of ether oxygens (including phenoxy) is 1. The third-order valence-electron chi connectivity index (χ3n) is 6.84. The number of carbonyl (C=O) groups is 2. The van der Waals surface area contributed by atoms with Gasteiger partial charge in [-0.05, 0) is 50.3 Å². The summed E-state index contributed by atoms with van der Waals surface area (Å²) in [6.45, 7) is 6.72. The van der Waals surface area contributed by atoms with Crippen molar-refractivity contribution < 1.29 is 14.3 Å². The molecule has 4 rings (SSSR count). The molecule has 7 heteroatoms. The lowest BCUT2D eigenvalue weighted by molar-refractivity contribution is -0.132. The second-order valence-corrected chi connectivity index (χ2v) is 9.11. The summed E-state index contributed by atoms with van der Waals surface area (Å²) < 4.78 is 5.97. The van der Waals surface area contributed by atoms with Gasteiger partial charge in [-0.3, -0.25) is 9.59 Å². The molecule has 1 aromatic carbocycles. The first-order chi connectivity index (χ1) is 15.7. The molecule has 0 aliphatic carbocycles. The van der Waals surface area contributed by atoms with E-state index in [1.54, 1.807) is 0 Å². The van der Waals surface area contributed by atoms with Crippen LogP contribution in [0.1, 0.15) is 31.2 Å². The molecule has 3 aliphatic heterocycles. The van der Waals surface area contributed by atoms with Gasteiger partial charge in [0.05, 0.1) is 6.54 Å². The van der Waals surface area contributed by atoms with Crippen molar-refractivity contribution in [1.29, 1.82) is 0 Å². The highest BCUT2D eigenvalue weighted by atomic mass is 16.5. The molecule has 3 heterocycles. The van der Waals surface area contributed by atoms with Crippen LogP contribution in [0.4, 0.5) is 0 Å². The third kappa shape index (κ3) is 6.33. The van der Waals surface area contributed by atoms with E-state index in [9.17, 15) is 9.59 Å². The van der Waals surface area contributed by atoms with Crippen LogP contribution in [0.5, 0.6) is 5.75 Å². The Morgan fingerprint density at radius 2 is 2.00 bits per heavy atom. The van der Waals surface area contributed by atoms with Crippen molar-refractivity contribution >= 4 is 11.8 Å². The number of piperidine rings is 1. The van der Waals surface area contributed by atoms with Crippen molar-refractivity contribution in [2.75, 3.05) is 52.4 Å². The van der Waals surface area contributed by atoms with E-state index >= 15 is 0 Å². The standard InChI is InChI=1S/C25H36N4O3/c30-24(27-10-14-28-11-3-4-12-28)16-20-9-13-29-19-22(20)7-5-15-32-23-8-2-1-6-21(23)17-26-18-25(29)31/h1-2,5-8,20,22,26H,3-4,9-19H2,(H,27,30)/t20-,22-/m0/s1. The fourth-order valence-corrected chi connectivity index (χ4v) is 4.97. The van der Waals surface area contributed by atoms with E-state index < -0.39 is 0 Å². The third-order valence-corrected chi connectivity index (χ3v) is 6.84. The van der Waals surface area contributed by atoms with Gasteiger partial charge in [-0.15, -0.1) is 0 Å². The maximum absolute atomic E-state index is 12.8. The van der Waals surface area contributed by atoms with Gasteiger partial charge in [0.25, 0.3) is 0 Å². The Morgan fingerprint density at radius 1 is 1.16 bits per heavy atom. The van der Waals surface area contributed by atoms with Crippen LogP contribution in [-0.2, 0) is 16.1 Å². The van der Waals surface area contributed by atoms with Gasteiger partial charge in [0.2, 0.25) is 11.8 Å². The summed E-state index contributed by atoms with van der Waals surface area (Å²) in [6, 6.07) is 7.93. The SMILES string of the molecule is O=C(C[C@@H]1CCN2C[C@@H]1C=CCOc1ccccc1CNCC2=O)NCCN1CCCC1. The Morgan fingerprint density at radius 3 is 2.88 bits per heavy atom. The van der Waals surface area contributed by atoms with Crippen molar-refractivity contribution in [1.82, 2.24) is 20.4 Å². The van der Waals surface area contributed by atoms with Crippen LogP contribution in [0.25, 0.3) is 0 Å². The van der Waals surface area contributed by atoms with Crippen molar-refractivity contribution in [2.45, 2.75) is 32.2 Å². The quantitative estimate of drug-likeness (QED) is 0.683. The first-order valence-corrected chi connectivity index (χ1v) is 12.0. The zero-order valence-corrected chi connectivity index (χ0v) is 18.9. The molecule has 1 aromatic rings. The average molecular weight is 441 g/mol. The summed E-state index contributed by atoms with van der Waals surface area (Å²) in [5, 5.41) is 6.37. The summed E-state index contributed by atoms with van der Waals surface area (Å²) in [7, 11) is 0. The number of carbonyl (C=O) groups excluding carboxylic acids is 2. The van der Waals surface area contributed by atoms with Crippen molar-refractivity contribution in [3.63, 3.8) is 0 Å². The largest absolute Gasteiger partial charge is 0.489 e. The number of para-hydroxylation sites is 1. The van der Waals surface area contributed by atoms with Crippen LogP contribution in [-0.4, -0.2) is 74.0 Å². The van der Waals surface area contributed by atoms with Crippen LogP contribution >= 0.6 is 0 Å². The van der Waals surface area contributed by atoms with Gasteiger partial charge < -0.3 is 25.2 Å². The van der Waals surface area contributed by atoms with Gasteiger partial charge in [0.1, 0.15) is 12.4 Å². The molecular weight excluding hydrogens is 404 g/mol. The lowest BCUT2D eigenvalue weighted by atomic mass is 9.82. The molecule has 2 fully saturated rings. The van der Waals surface area contributed by atoms with E-state index in [0.717, 1.165) is 43.9 Å². The summed E-state index contributed by atoms with van der Waals surface area (Å²) in [5.41, 5.74) is 1.05. The highest BCUT2D eigenvalue weighted by Crippen LogP contribution is 2.28. The molecule has 2 N–H and O–H groups in total. The number of nitrogens with zero attached hydrogens (tertiary/aromatic N) is 2. The number of benzene rings is 1. The molecular formula is C25H36N4O3. The molecule has 0 saturated carbocycles. The van der Waals surface area contributed by atoms with Crippen LogP contribution in [0.3, 0.4) is 0 Å². The maximum atomic E-state index is 12.8. The summed E-state index contributed by atoms with van der Waals surface area (Å²) in [6.07, 6.45) is 8.09. The summed E-state index contributed by atoms with van der Waals surface area (Å²) in [5.74, 6) is 1.49. The molecule has 2 atom stereocenters. The lowest BCUT2D eigenvalue weighted by Gasteiger charge is -2.37. The zero-order chi connectivity index (χ0) is 22.2. The number of hydrogen-bond acceptors (Lipinski definition) is 5. The maximum Gasteiger partial charge on any atom is 0.236 e. The molecule has 174 valence electrons. The molecule has 0 aromatic heterocycles. The van der Waals surface area contributed by atoms with Gasteiger partial charge in [-0.25, -0.2) is 0 Å². The van der Waals surface area contributed by atoms with Gasteiger partial charge in [0.15, 0.2) is 0 Å². The molecule has 0 spiro atoms. The van der Waals surface area contributed by atoms with E-state index in [4.69, 9.17) is 4.74 Å². The van der Waals surface area contributed by atoms with Crippen molar-refractivity contribution in [3.05, 3.63) is 42.0 Å². The summed E-state index contributed by atoms with van der Waals surface area (Å²) >= 11 is 0. The summed E-state index contributed by atoms with van der Waals surface area (Å²) in [4.78, 5) is 29.7. The minimum Gasteiger partial charge on any atom is -0.489 e. The van der Waals surface area contributed by atoms with Gasteiger partial charge >= 0.3 is 0 Å². The Hall–Kier alpha value is -2.38. The fraction of sp³-hybridized carbons (Fsp3) is 0.600. The van der Waals surface area contributed by atoms with Crippen LogP contribution in [0.2, 0.25) is 0 Å². The molecule has 0 unspecified atom stereocenters. The van der Waals surface area contributed by atoms with Gasteiger partial charge in [-0.1, -0.05) is 30.4 Å². The molecule has 2 amide bonds. The molecule has 0 radical (unpaired) electrons. The number of amides is 2.